The second kappa shape index (κ2) is 11.0. The maximum absolute atomic E-state index is 12.1. The lowest BCUT2D eigenvalue weighted by Crippen LogP contribution is -2.30. The zero-order chi connectivity index (χ0) is 20.4. The number of para-hydroxylation sites is 1. The minimum atomic E-state index is -0.560. The molecule has 6 nitrogen and oxygen atoms in total. The van der Waals surface area contributed by atoms with E-state index in [1.54, 1.807) is 31.4 Å². The van der Waals surface area contributed by atoms with Gasteiger partial charge in [0.15, 0.2) is 6.61 Å². The molecule has 2 aromatic carbocycles. The summed E-state index contributed by atoms with van der Waals surface area (Å²) in [6.45, 7) is 4.75. The smallest absolute Gasteiger partial charge is 0.338 e. The number of amides is 1. The van der Waals surface area contributed by atoms with Gasteiger partial charge in [0.25, 0.3) is 5.91 Å². The lowest BCUT2D eigenvalue weighted by atomic mass is 10.1. The number of ether oxygens (including phenoxy) is 3. The molecule has 0 atom stereocenters. The van der Waals surface area contributed by atoms with Crippen molar-refractivity contribution < 1.29 is 23.8 Å². The van der Waals surface area contributed by atoms with Crippen molar-refractivity contribution in [1.29, 1.82) is 0 Å². The Morgan fingerprint density at radius 3 is 2.61 bits per heavy atom. The highest BCUT2D eigenvalue weighted by molar-refractivity contribution is 5.91. The summed E-state index contributed by atoms with van der Waals surface area (Å²) in [4.78, 5) is 24.1. The number of esters is 1. The molecule has 6 heteroatoms. The highest BCUT2D eigenvalue weighted by atomic mass is 16.5. The second-order valence-corrected chi connectivity index (χ2v) is 6.72. The molecular formula is C22H27NO5. The van der Waals surface area contributed by atoms with Gasteiger partial charge in [-0.15, -0.1) is 0 Å². The Kier molecular flexibility index (Phi) is 8.34. The Morgan fingerprint density at radius 1 is 1.07 bits per heavy atom. The Bertz CT molecular complexity index is 788. The van der Waals surface area contributed by atoms with Crippen LogP contribution in [0.2, 0.25) is 0 Å². The van der Waals surface area contributed by atoms with Gasteiger partial charge in [-0.1, -0.05) is 38.1 Å². The van der Waals surface area contributed by atoms with Crippen LogP contribution in [0, 0.1) is 5.92 Å². The molecule has 0 aliphatic rings. The Balaban J connectivity index is 1.76. The average Bonchev–Trinajstić information content (AvgIpc) is 2.71. The molecular weight excluding hydrogens is 358 g/mol. The number of hydrogen-bond donors (Lipinski definition) is 1. The Morgan fingerprint density at radius 2 is 1.86 bits per heavy atom. The summed E-state index contributed by atoms with van der Waals surface area (Å²) in [6, 6.07) is 14.4. The fourth-order valence-electron chi connectivity index (χ4n) is 2.49. The van der Waals surface area contributed by atoms with Crippen LogP contribution >= 0.6 is 0 Å². The van der Waals surface area contributed by atoms with Crippen LogP contribution < -0.4 is 14.8 Å². The summed E-state index contributed by atoms with van der Waals surface area (Å²) in [5, 5.41) is 2.74. The summed E-state index contributed by atoms with van der Waals surface area (Å²) < 4.78 is 16.0. The molecule has 1 amide bonds. The largest absolute Gasteiger partial charge is 0.496 e. The van der Waals surface area contributed by atoms with E-state index in [0.717, 1.165) is 11.3 Å². The van der Waals surface area contributed by atoms with E-state index in [1.807, 2.05) is 38.1 Å². The second-order valence-electron chi connectivity index (χ2n) is 6.72. The number of benzene rings is 2. The van der Waals surface area contributed by atoms with Gasteiger partial charge in [-0.25, -0.2) is 4.79 Å². The number of carbonyl (C=O) groups is 2. The molecule has 0 unspecified atom stereocenters. The predicted molar refractivity (Wildman–Crippen MR) is 107 cm³/mol. The number of hydrogen-bond acceptors (Lipinski definition) is 5. The van der Waals surface area contributed by atoms with Crippen molar-refractivity contribution >= 4 is 11.9 Å². The van der Waals surface area contributed by atoms with E-state index < -0.39 is 5.97 Å². The Hall–Kier alpha value is -3.02. The van der Waals surface area contributed by atoms with E-state index in [9.17, 15) is 9.59 Å². The van der Waals surface area contributed by atoms with E-state index in [-0.39, 0.29) is 12.5 Å². The number of carbonyl (C=O) groups excluding carboxylic acids is 2. The van der Waals surface area contributed by atoms with Crippen LogP contribution in [0.1, 0.15) is 29.8 Å². The molecule has 0 heterocycles. The molecule has 0 aliphatic heterocycles. The first kappa shape index (κ1) is 21.3. The molecule has 0 radical (unpaired) electrons. The van der Waals surface area contributed by atoms with Gasteiger partial charge in [-0.3, -0.25) is 4.79 Å². The minimum Gasteiger partial charge on any atom is -0.496 e. The third-order valence-corrected chi connectivity index (χ3v) is 3.90. The van der Waals surface area contributed by atoms with Crippen molar-refractivity contribution in [3.05, 3.63) is 59.7 Å². The zero-order valence-corrected chi connectivity index (χ0v) is 16.6. The van der Waals surface area contributed by atoms with E-state index >= 15 is 0 Å². The van der Waals surface area contributed by atoms with Crippen molar-refractivity contribution in [1.82, 2.24) is 5.32 Å². The summed E-state index contributed by atoms with van der Waals surface area (Å²) in [5.41, 5.74) is 1.35. The molecule has 0 saturated heterocycles. The molecule has 2 aromatic rings. The molecule has 2 rings (SSSR count). The molecule has 0 fully saturated rings. The van der Waals surface area contributed by atoms with E-state index in [0.29, 0.717) is 36.8 Å². The molecule has 0 saturated carbocycles. The average molecular weight is 385 g/mol. The third-order valence-electron chi connectivity index (χ3n) is 3.90. The molecule has 0 spiro atoms. The lowest BCUT2D eigenvalue weighted by Gasteiger charge is -2.11. The van der Waals surface area contributed by atoms with Gasteiger partial charge in [-0.2, -0.15) is 0 Å². The molecule has 150 valence electrons. The fraction of sp³-hybridized carbons (Fsp3) is 0.364. The van der Waals surface area contributed by atoms with Crippen LogP contribution in [0.15, 0.2) is 48.5 Å². The minimum absolute atomic E-state index is 0.332. The van der Waals surface area contributed by atoms with Crippen molar-refractivity contribution in [2.45, 2.75) is 20.3 Å². The number of methoxy groups -OCH3 is 1. The predicted octanol–water partition coefficient (Wildman–Crippen LogP) is 3.25. The van der Waals surface area contributed by atoms with Gasteiger partial charge >= 0.3 is 5.97 Å². The lowest BCUT2D eigenvalue weighted by molar-refractivity contribution is -0.124. The topological polar surface area (TPSA) is 73.9 Å². The molecule has 0 aromatic heterocycles. The molecule has 0 aliphatic carbocycles. The summed E-state index contributed by atoms with van der Waals surface area (Å²) in [7, 11) is 1.61. The molecule has 1 N–H and O–H groups in total. The van der Waals surface area contributed by atoms with Gasteiger partial charge in [0.05, 0.1) is 19.3 Å². The maximum Gasteiger partial charge on any atom is 0.338 e. The quantitative estimate of drug-likeness (QED) is 0.636. The van der Waals surface area contributed by atoms with Crippen molar-refractivity contribution in [2.24, 2.45) is 5.92 Å². The summed E-state index contributed by atoms with van der Waals surface area (Å²) in [5.74, 6) is 0.854. The van der Waals surface area contributed by atoms with Gasteiger partial charge in [-0.05, 0) is 42.2 Å². The summed E-state index contributed by atoms with van der Waals surface area (Å²) in [6.07, 6.45) is 0.624. The summed E-state index contributed by atoms with van der Waals surface area (Å²) >= 11 is 0. The first-order valence-electron chi connectivity index (χ1n) is 9.28. The first-order valence-corrected chi connectivity index (χ1v) is 9.28. The monoisotopic (exact) mass is 385 g/mol. The van der Waals surface area contributed by atoms with Crippen LogP contribution in [-0.4, -0.2) is 38.7 Å². The van der Waals surface area contributed by atoms with Crippen LogP contribution in [0.5, 0.6) is 11.5 Å². The normalized spacial score (nSPS) is 10.4. The van der Waals surface area contributed by atoms with Crippen molar-refractivity contribution in [2.75, 3.05) is 26.9 Å². The molecule has 0 bridgehead atoms. The van der Waals surface area contributed by atoms with Gasteiger partial charge in [0, 0.05) is 6.54 Å². The Labute approximate surface area is 165 Å². The van der Waals surface area contributed by atoms with Crippen LogP contribution in [-0.2, 0) is 16.0 Å². The van der Waals surface area contributed by atoms with Gasteiger partial charge in [0.2, 0.25) is 0 Å². The van der Waals surface area contributed by atoms with Crippen molar-refractivity contribution in [3.8, 4) is 11.5 Å². The molecule has 28 heavy (non-hydrogen) atoms. The van der Waals surface area contributed by atoms with Crippen molar-refractivity contribution in [3.63, 3.8) is 0 Å². The third kappa shape index (κ3) is 6.95. The van der Waals surface area contributed by atoms with Crippen LogP contribution in [0.3, 0.4) is 0 Å². The highest BCUT2D eigenvalue weighted by Crippen LogP contribution is 2.17. The number of nitrogens with one attached hydrogen (secondary N) is 1. The van der Waals surface area contributed by atoms with Gasteiger partial charge < -0.3 is 19.5 Å². The fourth-order valence-corrected chi connectivity index (χ4v) is 2.49. The van der Waals surface area contributed by atoms with E-state index in [4.69, 9.17) is 14.2 Å². The van der Waals surface area contributed by atoms with E-state index in [1.165, 1.54) is 0 Å². The standard InChI is InChI=1S/C22H27NO5/c1-16(2)14-27-19-9-6-8-18(13-19)22(25)28-15-21(24)23-12-11-17-7-4-5-10-20(17)26-3/h4-10,13,16H,11-12,14-15H2,1-3H3,(H,23,24). The maximum atomic E-state index is 12.1. The number of rotatable bonds is 10. The first-order chi connectivity index (χ1) is 13.5. The highest BCUT2D eigenvalue weighted by Gasteiger charge is 2.11. The van der Waals surface area contributed by atoms with Crippen LogP contribution in [0.4, 0.5) is 0 Å². The zero-order valence-electron chi connectivity index (χ0n) is 16.6. The van der Waals surface area contributed by atoms with Gasteiger partial charge in [0.1, 0.15) is 11.5 Å². The SMILES string of the molecule is COc1ccccc1CCNC(=O)COC(=O)c1cccc(OCC(C)C)c1. The van der Waals surface area contributed by atoms with E-state index in [2.05, 4.69) is 5.32 Å². The van der Waals surface area contributed by atoms with Crippen LogP contribution in [0.25, 0.3) is 0 Å².